The van der Waals surface area contributed by atoms with Crippen LogP contribution in [0.2, 0.25) is 0 Å². The van der Waals surface area contributed by atoms with Crippen molar-refractivity contribution in [3.05, 3.63) is 35.9 Å². The van der Waals surface area contributed by atoms with Crippen LogP contribution in [-0.2, 0) is 16.1 Å². The molecule has 4 heteroatoms. The third-order valence-corrected chi connectivity index (χ3v) is 2.79. The molecule has 4 nitrogen and oxygen atoms in total. The molecule has 0 spiro atoms. The Morgan fingerprint density at radius 3 is 2.81 bits per heavy atom. The van der Waals surface area contributed by atoms with Crippen LogP contribution in [0.25, 0.3) is 0 Å². The maximum atomic E-state index is 10.8. The summed E-state index contributed by atoms with van der Waals surface area (Å²) in [6.45, 7) is 1.04. The molecule has 1 saturated heterocycles. The number of hydrogen-bond acceptors (Lipinski definition) is 4. The molecule has 2 unspecified atom stereocenters. The average Bonchev–Trinajstić information content (AvgIpc) is 2.72. The zero-order valence-electron chi connectivity index (χ0n) is 8.95. The van der Waals surface area contributed by atoms with Crippen molar-refractivity contribution in [1.82, 2.24) is 4.90 Å². The van der Waals surface area contributed by atoms with E-state index < -0.39 is 6.23 Å². The van der Waals surface area contributed by atoms with Gasteiger partial charge in [0.15, 0.2) is 12.5 Å². The molecule has 1 fully saturated rings. The smallest absolute Gasteiger partial charge is 0.167 e. The number of rotatable bonds is 4. The van der Waals surface area contributed by atoms with Gasteiger partial charge in [-0.2, -0.15) is 0 Å². The Hall–Kier alpha value is -1.23. The van der Waals surface area contributed by atoms with Crippen LogP contribution < -0.4 is 0 Å². The fourth-order valence-electron chi connectivity index (χ4n) is 1.90. The number of carbonyl (C=O) groups excluding carboxylic acids is 1. The number of aliphatic hydroxyl groups is 1. The van der Waals surface area contributed by atoms with Gasteiger partial charge in [0.2, 0.25) is 0 Å². The lowest BCUT2D eigenvalue weighted by atomic mass is 10.2. The summed E-state index contributed by atoms with van der Waals surface area (Å²) in [6, 6.07) is 9.76. The molecule has 0 radical (unpaired) electrons. The van der Waals surface area contributed by atoms with Gasteiger partial charge in [0.1, 0.15) is 0 Å². The van der Waals surface area contributed by atoms with Gasteiger partial charge in [0, 0.05) is 6.54 Å². The first-order valence-corrected chi connectivity index (χ1v) is 5.32. The number of carbonyl (C=O) groups is 1. The van der Waals surface area contributed by atoms with Crippen LogP contribution in [0.1, 0.15) is 5.56 Å². The third-order valence-electron chi connectivity index (χ3n) is 2.79. The Bertz CT molecular complexity index is 341. The minimum absolute atomic E-state index is 0.0111. The highest BCUT2D eigenvalue weighted by Crippen LogP contribution is 2.18. The van der Waals surface area contributed by atoms with E-state index in [9.17, 15) is 9.90 Å². The lowest BCUT2D eigenvalue weighted by Gasteiger charge is -2.23. The number of nitrogens with zero attached hydrogens (tertiary/aromatic N) is 1. The summed E-state index contributed by atoms with van der Waals surface area (Å²) < 4.78 is 5.29. The largest absolute Gasteiger partial charge is 0.395 e. The maximum Gasteiger partial charge on any atom is 0.167 e. The van der Waals surface area contributed by atoms with Crippen molar-refractivity contribution >= 4 is 6.29 Å². The first-order chi connectivity index (χ1) is 7.85. The van der Waals surface area contributed by atoms with E-state index in [1.54, 1.807) is 0 Å². The first-order valence-electron chi connectivity index (χ1n) is 5.32. The molecular weight excluding hydrogens is 206 g/mol. The van der Waals surface area contributed by atoms with Gasteiger partial charge in [-0.1, -0.05) is 30.3 Å². The van der Waals surface area contributed by atoms with Crippen molar-refractivity contribution in [2.45, 2.75) is 18.8 Å². The molecule has 1 aromatic carbocycles. The van der Waals surface area contributed by atoms with Gasteiger partial charge in [-0.3, -0.25) is 9.69 Å². The second-order valence-electron chi connectivity index (χ2n) is 3.85. The van der Waals surface area contributed by atoms with Crippen LogP contribution in [0, 0.1) is 0 Å². The molecule has 1 aromatic rings. The van der Waals surface area contributed by atoms with E-state index in [4.69, 9.17) is 4.74 Å². The molecule has 16 heavy (non-hydrogen) atoms. The summed E-state index contributed by atoms with van der Waals surface area (Å²) in [6.07, 6.45) is 0.246. The molecular formula is C12H15NO3. The van der Waals surface area contributed by atoms with Gasteiger partial charge in [-0.25, -0.2) is 0 Å². The molecule has 1 heterocycles. The molecule has 1 aliphatic rings. The van der Waals surface area contributed by atoms with Crippen LogP contribution in [0.4, 0.5) is 0 Å². The first kappa shape index (κ1) is 11.3. The normalized spacial score (nSPS) is 25.8. The van der Waals surface area contributed by atoms with E-state index in [0.29, 0.717) is 13.2 Å². The average molecular weight is 221 g/mol. The Morgan fingerprint density at radius 2 is 2.19 bits per heavy atom. The number of aldehydes is 1. The molecule has 1 N–H and O–H groups in total. The van der Waals surface area contributed by atoms with E-state index in [0.717, 1.165) is 11.8 Å². The van der Waals surface area contributed by atoms with E-state index in [1.807, 2.05) is 35.2 Å². The standard InChI is InChI=1S/C12H15NO3/c14-7-11-9-16-12(8-15)13(11)6-10-4-2-1-3-5-10/h1-5,8,11-12,14H,6-7,9H2. The van der Waals surface area contributed by atoms with Crippen LogP contribution in [0.15, 0.2) is 30.3 Å². The third kappa shape index (κ3) is 2.29. The molecule has 1 aliphatic heterocycles. The lowest BCUT2D eigenvalue weighted by molar-refractivity contribution is -0.122. The maximum absolute atomic E-state index is 10.8. The zero-order chi connectivity index (χ0) is 11.4. The quantitative estimate of drug-likeness (QED) is 0.748. The molecule has 86 valence electrons. The fraction of sp³-hybridized carbons (Fsp3) is 0.417. The van der Waals surface area contributed by atoms with E-state index in [1.165, 1.54) is 0 Å². The topological polar surface area (TPSA) is 49.8 Å². The van der Waals surface area contributed by atoms with E-state index in [2.05, 4.69) is 0 Å². The van der Waals surface area contributed by atoms with Crippen molar-refractivity contribution in [2.75, 3.05) is 13.2 Å². The van der Waals surface area contributed by atoms with Crippen LogP contribution in [0.5, 0.6) is 0 Å². The number of ether oxygens (including phenoxy) is 1. The van der Waals surface area contributed by atoms with Gasteiger partial charge in [-0.15, -0.1) is 0 Å². The van der Waals surface area contributed by atoms with Crippen molar-refractivity contribution < 1.29 is 14.6 Å². The Balaban J connectivity index is 2.08. The molecule has 2 rings (SSSR count). The summed E-state index contributed by atoms with van der Waals surface area (Å²) in [5.74, 6) is 0. The molecule has 0 amide bonds. The molecule has 0 aliphatic carbocycles. The minimum Gasteiger partial charge on any atom is -0.395 e. The second-order valence-corrected chi connectivity index (χ2v) is 3.85. The van der Waals surface area contributed by atoms with Gasteiger partial charge < -0.3 is 9.84 Å². The Morgan fingerprint density at radius 1 is 1.44 bits per heavy atom. The predicted octanol–water partition coefficient (Wildman–Crippen LogP) is 0.405. The fourth-order valence-corrected chi connectivity index (χ4v) is 1.90. The highest BCUT2D eigenvalue weighted by molar-refractivity contribution is 5.56. The van der Waals surface area contributed by atoms with Crippen LogP contribution in [0.3, 0.4) is 0 Å². The number of aliphatic hydroxyl groups excluding tert-OH is 1. The molecule has 2 atom stereocenters. The second kappa shape index (κ2) is 5.21. The highest BCUT2D eigenvalue weighted by atomic mass is 16.5. The van der Waals surface area contributed by atoms with Gasteiger partial charge in [0.25, 0.3) is 0 Å². The Kier molecular flexibility index (Phi) is 3.66. The Labute approximate surface area is 94.4 Å². The lowest BCUT2D eigenvalue weighted by Crippen LogP contribution is -2.39. The van der Waals surface area contributed by atoms with Crippen molar-refractivity contribution in [3.8, 4) is 0 Å². The van der Waals surface area contributed by atoms with E-state index in [-0.39, 0.29) is 12.6 Å². The SMILES string of the molecule is O=CC1OCC(CO)N1Cc1ccccc1. The summed E-state index contributed by atoms with van der Waals surface area (Å²) in [4.78, 5) is 12.7. The van der Waals surface area contributed by atoms with Gasteiger partial charge in [0.05, 0.1) is 19.3 Å². The van der Waals surface area contributed by atoms with Gasteiger partial charge in [-0.05, 0) is 5.56 Å². The van der Waals surface area contributed by atoms with E-state index >= 15 is 0 Å². The summed E-state index contributed by atoms with van der Waals surface area (Å²) >= 11 is 0. The van der Waals surface area contributed by atoms with Gasteiger partial charge >= 0.3 is 0 Å². The summed E-state index contributed by atoms with van der Waals surface area (Å²) in [7, 11) is 0. The number of benzene rings is 1. The van der Waals surface area contributed by atoms with Crippen molar-refractivity contribution in [2.24, 2.45) is 0 Å². The van der Waals surface area contributed by atoms with Crippen molar-refractivity contribution in [3.63, 3.8) is 0 Å². The molecule has 0 aromatic heterocycles. The molecule has 0 saturated carbocycles. The monoisotopic (exact) mass is 221 g/mol. The summed E-state index contributed by atoms with van der Waals surface area (Å²) in [5.41, 5.74) is 1.11. The van der Waals surface area contributed by atoms with Crippen LogP contribution in [-0.4, -0.2) is 41.8 Å². The van der Waals surface area contributed by atoms with Crippen molar-refractivity contribution in [1.29, 1.82) is 0 Å². The number of hydrogen-bond donors (Lipinski definition) is 1. The predicted molar refractivity (Wildman–Crippen MR) is 58.7 cm³/mol. The zero-order valence-corrected chi connectivity index (χ0v) is 8.95. The highest BCUT2D eigenvalue weighted by Gasteiger charge is 2.33. The molecule has 0 bridgehead atoms. The van der Waals surface area contributed by atoms with Crippen LogP contribution >= 0.6 is 0 Å². The summed E-state index contributed by atoms with van der Waals surface area (Å²) in [5, 5.41) is 9.19. The minimum atomic E-state index is -0.530.